The lowest BCUT2D eigenvalue weighted by molar-refractivity contribution is 0.112. The van der Waals surface area contributed by atoms with E-state index in [1.165, 1.54) is 42.5 Å². The minimum atomic E-state index is -1.07. The molecule has 0 aliphatic heterocycles. The molecule has 120 valence electrons. The van der Waals surface area contributed by atoms with E-state index in [0.29, 0.717) is 6.29 Å². The van der Waals surface area contributed by atoms with Crippen LogP contribution < -0.4 is 4.74 Å². The molecule has 0 saturated heterocycles. The van der Waals surface area contributed by atoms with Gasteiger partial charge in [-0.05, 0) is 36.4 Å². The first-order valence-corrected chi connectivity index (χ1v) is 6.93. The molecule has 2 aromatic carbocycles. The van der Waals surface area contributed by atoms with E-state index < -0.39 is 17.5 Å². The fourth-order valence-electron chi connectivity index (χ4n) is 2.11. The Morgan fingerprint density at radius 3 is 2.38 bits per heavy atom. The van der Waals surface area contributed by atoms with Gasteiger partial charge >= 0.3 is 0 Å². The van der Waals surface area contributed by atoms with E-state index in [9.17, 15) is 18.0 Å². The van der Waals surface area contributed by atoms with Crippen molar-refractivity contribution in [2.45, 2.75) is 0 Å². The molecule has 0 spiro atoms. The molecule has 0 saturated carbocycles. The molecule has 3 aromatic rings. The Morgan fingerprint density at radius 2 is 1.62 bits per heavy atom. The number of hydrogen-bond acceptors (Lipinski definition) is 3. The summed E-state index contributed by atoms with van der Waals surface area (Å²) < 4.78 is 46.3. The molecule has 0 fully saturated rings. The van der Waals surface area contributed by atoms with Crippen LogP contribution in [-0.4, -0.2) is 11.3 Å². The van der Waals surface area contributed by atoms with Crippen molar-refractivity contribution in [2.75, 3.05) is 0 Å². The molecule has 0 N–H and O–H groups in total. The molecule has 24 heavy (non-hydrogen) atoms. The third-order valence-electron chi connectivity index (χ3n) is 3.29. The summed E-state index contributed by atoms with van der Waals surface area (Å²) in [5.74, 6) is -3.06. The van der Waals surface area contributed by atoms with E-state index in [1.54, 1.807) is 6.07 Å². The predicted molar refractivity (Wildman–Crippen MR) is 81.5 cm³/mol. The predicted octanol–water partition coefficient (Wildman–Crippen LogP) is 4.77. The van der Waals surface area contributed by atoms with Crippen LogP contribution in [0.15, 0.2) is 54.6 Å². The van der Waals surface area contributed by atoms with Gasteiger partial charge in [-0.2, -0.15) is 0 Å². The highest BCUT2D eigenvalue weighted by Gasteiger charge is 2.15. The number of pyridine rings is 1. The lowest BCUT2D eigenvalue weighted by atomic mass is 10.1. The standard InChI is InChI=1S/C18H10F3NO2/c19-13-5-1-2-7-16(13)24-18-11(10-23)8-9-15(22-18)12-4-3-6-14(20)17(12)21/h1-10H. The van der Waals surface area contributed by atoms with Crippen molar-refractivity contribution in [3.8, 4) is 22.9 Å². The minimum Gasteiger partial charge on any atom is -0.435 e. The molecule has 3 nitrogen and oxygen atoms in total. The quantitative estimate of drug-likeness (QED) is 0.647. The number of carbonyl (C=O) groups excluding carboxylic acids is 1. The summed E-state index contributed by atoms with van der Waals surface area (Å²) in [7, 11) is 0. The van der Waals surface area contributed by atoms with Crippen LogP contribution in [0.25, 0.3) is 11.3 Å². The fraction of sp³-hybridized carbons (Fsp3) is 0. The highest BCUT2D eigenvalue weighted by Crippen LogP contribution is 2.29. The van der Waals surface area contributed by atoms with Gasteiger partial charge in [0.25, 0.3) is 0 Å². The molecule has 0 amide bonds. The van der Waals surface area contributed by atoms with Gasteiger partial charge in [-0.1, -0.05) is 18.2 Å². The molecule has 1 aromatic heterocycles. The monoisotopic (exact) mass is 329 g/mol. The third kappa shape index (κ3) is 2.99. The van der Waals surface area contributed by atoms with Crippen LogP contribution in [0.4, 0.5) is 13.2 Å². The molecule has 6 heteroatoms. The minimum absolute atomic E-state index is 0.0545. The Kier molecular flexibility index (Phi) is 4.29. The molecule has 0 aliphatic rings. The number of rotatable bonds is 4. The molecule has 0 unspecified atom stereocenters. The van der Waals surface area contributed by atoms with Crippen molar-refractivity contribution in [3.05, 3.63) is 77.6 Å². The van der Waals surface area contributed by atoms with Gasteiger partial charge in [0.1, 0.15) is 0 Å². The van der Waals surface area contributed by atoms with Gasteiger partial charge in [0.2, 0.25) is 5.88 Å². The summed E-state index contributed by atoms with van der Waals surface area (Å²) in [6, 6.07) is 11.9. The summed E-state index contributed by atoms with van der Waals surface area (Å²) >= 11 is 0. The molecule has 0 bridgehead atoms. The Bertz CT molecular complexity index is 913. The number of benzene rings is 2. The topological polar surface area (TPSA) is 39.2 Å². The molecule has 0 aliphatic carbocycles. The molecule has 1 heterocycles. The van der Waals surface area contributed by atoms with Crippen molar-refractivity contribution < 1.29 is 22.7 Å². The van der Waals surface area contributed by atoms with Gasteiger partial charge in [0.05, 0.1) is 11.3 Å². The third-order valence-corrected chi connectivity index (χ3v) is 3.29. The van der Waals surface area contributed by atoms with Crippen LogP contribution >= 0.6 is 0 Å². The highest BCUT2D eigenvalue weighted by atomic mass is 19.2. The van der Waals surface area contributed by atoms with Crippen molar-refractivity contribution in [1.29, 1.82) is 0 Å². The highest BCUT2D eigenvalue weighted by molar-refractivity contribution is 5.79. The van der Waals surface area contributed by atoms with Gasteiger partial charge in [-0.15, -0.1) is 0 Å². The average Bonchev–Trinajstić information content (AvgIpc) is 2.59. The Labute approximate surface area is 135 Å². The van der Waals surface area contributed by atoms with E-state index in [-0.39, 0.29) is 28.5 Å². The molecule has 3 rings (SSSR count). The summed E-state index contributed by atoms with van der Waals surface area (Å²) in [6.45, 7) is 0. The normalized spacial score (nSPS) is 10.5. The maximum absolute atomic E-state index is 13.9. The van der Waals surface area contributed by atoms with Gasteiger partial charge in [-0.3, -0.25) is 4.79 Å². The van der Waals surface area contributed by atoms with Crippen LogP contribution in [-0.2, 0) is 0 Å². The first kappa shape index (κ1) is 15.7. The second-order valence-electron chi connectivity index (χ2n) is 4.84. The lowest BCUT2D eigenvalue weighted by Crippen LogP contribution is -1.98. The summed E-state index contributed by atoms with van der Waals surface area (Å²) in [4.78, 5) is 15.1. The van der Waals surface area contributed by atoms with Crippen molar-refractivity contribution >= 4 is 6.29 Å². The maximum atomic E-state index is 13.9. The first-order chi connectivity index (χ1) is 11.6. The van der Waals surface area contributed by atoms with Gasteiger partial charge in [0, 0.05) is 5.56 Å². The maximum Gasteiger partial charge on any atom is 0.230 e. The van der Waals surface area contributed by atoms with E-state index in [0.717, 1.165) is 6.07 Å². The van der Waals surface area contributed by atoms with E-state index in [2.05, 4.69) is 4.98 Å². The van der Waals surface area contributed by atoms with Crippen LogP contribution in [0, 0.1) is 17.5 Å². The number of ether oxygens (including phenoxy) is 1. The molecule has 0 atom stereocenters. The Hall–Kier alpha value is -3.15. The number of nitrogens with zero attached hydrogens (tertiary/aromatic N) is 1. The number of halogens is 3. The van der Waals surface area contributed by atoms with E-state index in [4.69, 9.17) is 4.74 Å². The van der Waals surface area contributed by atoms with E-state index in [1.807, 2.05) is 0 Å². The largest absolute Gasteiger partial charge is 0.435 e. The number of aldehydes is 1. The zero-order valence-corrected chi connectivity index (χ0v) is 12.2. The number of hydrogen-bond donors (Lipinski definition) is 0. The van der Waals surface area contributed by atoms with E-state index >= 15 is 0 Å². The summed E-state index contributed by atoms with van der Waals surface area (Å²) in [5.41, 5.74) is 0.0218. The first-order valence-electron chi connectivity index (χ1n) is 6.93. The average molecular weight is 329 g/mol. The second kappa shape index (κ2) is 6.54. The molecular weight excluding hydrogens is 319 g/mol. The lowest BCUT2D eigenvalue weighted by Gasteiger charge is -2.10. The smallest absolute Gasteiger partial charge is 0.230 e. The molecular formula is C18H10F3NO2. The van der Waals surface area contributed by atoms with Crippen LogP contribution in [0.5, 0.6) is 11.6 Å². The van der Waals surface area contributed by atoms with Crippen LogP contribution in [0.3, 0.4) is 0 Å². The zero-order chi connectivity index (χ0) is 17.1. The number of carbonyl (C=O) groups is 1. The second-order valence-corrected chi connectivity index (χ2v) is 4.84. The van der Waals surface area contributed by atoms with Crippen molar-refractivity contribution in [2.24, 2.45) is 0 Å². The van der Waals surface area contributed by atoms with Crippen molar-refractivity contribution in [3.63, 3.8) is 0 Å². The van der Waals surface area contributed by atoms with Gasteiger partial charge in [-0.25, -0.2) is 18.2 Å². The zero-order valence-electron chi connectivity index (χ0n) is 12.2. The van der Waals surface area contributed by atoms with Gasteiger partial charge in [0.15, 0.2) is 29.5 Å². The number of para-hydroxylation sites is 1. The van der Waals surface area contributed by atoms with Gasteiger partial charge < -0.3 is 4.74 Å². The number of aromatic nitrogens is 1. The Morgan fingerprint density at radius 1 is 0.875 bits per heavy atom. The van der Waals surface area contributed by atoms with Crippen LogP contribution in [0.2, 0.25) is 0 Å². The molecule has 0 radical (unpaired) electrons. The van der Waals surface area contributed by atoms with Crippen molar-refractivity contribution in [1.82, 2.24) is 4.98 Å². The van der Waals surface area contributed by atoms with Crippen LogP contribution in [0.1, 0.15) is 10.4 Å². The SMILES string of the molecule is O=Cc1ccc(-c2cccc(F)c2F)nc1Oc1ccccc1F. The summed E-state index contributed by atoms with van der Waals surface area (Å²) in [5, 5.41) is 0. The fourth-order valence-corrected chi connectivity index (χ4v) is 2.11. The Balaban J connectivity index is 2.07. The summed E-state index contributed by atoms with van der Waals surface area (Å²) in [6.07, 6.45) is 0.481.